The molecule has 35 heavy (non-hydrogen) atoms. The number of nitrogen functional groups attached to an aromatic ring is 1. The molecule has 1 saturated carbocycles. The lowest BCUT2D eigenvalue weighted by Crippen LogP contribution is -2.56. The number of carbonyl (C=O) groups excluding carboxylic acids is 1. The van der Waals surface area contributed by atoms with Crippen LogP contribution in [-0.2, 0) is 11.1 Å². The molecule has 2 atom stereocenters. The third kappa shape index (κ3) is 3.84. The van der Waals surface area contributed by atoms with Crippen molar-refractivity contribution < 1.29 is 26.7 Å². The molecule has 2 fully saturated rings. The number of rotatable bonds is 5. The average molecular weight is 487 g/mol. The van der Waals surface area contributed by atoms with Crippen LogP contribution in [0, 0.1) is 35.9 Å². The fourth-order valence-corrected chi connectivity index (χ4v) is 4.56. The Balaban J connectivity index is 1.53. The zero-order chi connectivity index (χ0) is 25.1. The Bertz CT molecular complexity index is 1350. The van der Waals surface area contributed by atoms with Gasteiger partial charge in [-0.25, -0.2) is 8.78 Å². The summed E-state index contributed by atoms with van der Waals surface area (Å²) in [5.41, 5.74) is 6.53. The molecule has 2 aliphatic rings. The molecular weight excluding hydrogens is 469 g/mol. The van der Waals surface area contributed by atoms with Crippen LogP contribution in [-0.4, -0.2) is 15.7 Å². The van der Waals surface area contributed by atoms with Crippen molar-refractivity contribution in [3.05, 3.63) is 59.9 Å². The first-order chi connectivity index (χ1) is 16.6. The van der Waals surface area contributed by atoms with Gasteiger partial charge >= 0.3 is 6.30 Å². The summed E-state index contributed by atoms with van der Waals surface area (Å²) in [6.45, 7) is 0. The van der Waals surface area contributed by atoms with E-state index in [9.17, 15) is 18.0 Å². The highest BCUT2D eigenvalue weighted by Gasteiger charge is 2.56. The van der Waals surface area contributed by atoms with Gasteiger partial charge in [0.25, 0.3) is 0 Å². The minimum Gasteiger partial charge on any atom is -0.397 e. The molecule has 1 aliphatic heterocycles. The Labute approximate surface area is 196 Å². The molecule has 0 spiro atoms. The fourth-order valence-electron chi connectivity index (χ4n) is 4.56. The zero-order valence-electron chi connectivity index (χ0n) is 18.0. The molecule has 3 aromatic rings. The van der Waals surface area contributed by atoms with Crippen LogP contribution in [0.25, 0.3) is 11.1 Å². The second-order valence-corrected chi connectivity index (χ2v) is 8.55. The van der Waals surface area contributed by atoms with E-state index in [0.717, 1.165) is 31.2 Å². The molecule has 3 N–H and O–H groups in total. The second kappa shape index (κ2) is 8.01. The number of benzene rings is 2. The van der Waals surface area contributed by atoms with E-state index in [1.807, 2.05) is 0 Å². The van der Waals surface area contributed by atoms with E-state index in [1.165, 1.54) is 11.0 Å². The number of anilines is 3. The second-order valence-electron chi connectivity index (χ2n) is 8.55. The van der Waals surface area contributed by atoms with E-state index in [4.69, 9.17) is 12.2 Å². The molecule has 0 bridgehead atoms. The first-order valence-corrected chi connectivity index (χ1v) is 10.7. The number of nitrogens with one attached hydrogen (secondary N) is 1. The number of aromatic nitrogens is 2. The SMILES string of the molecule is C#CNc1ccc(N2C(=O)C(C3CC3)[C@@H]2c2c(F)cc(-c3cnn(C(F)(F)F)c3)cc2F)cc1N. The van der Waals surface area contributed by atoms with Gasteiger partial charge in [0.1, 0.15) is 11.6 Å². The first kappa shape index (κ1) is 22.7. The molecule has 2 heterocycles. The van der Waals surface area contributed by atoms with Crippen LogP contribution in [0.2, 0.25) is 0 Å². The van der Waals surface area contributed by atoms with E-state index in [-0.39, 0.29) is 38.9 Å². The lowest BCUT2D eigenvalue weighted by atomic mass is 9.78. The number of β-lactam (4-membered cyclic amide) rings is 1. The number of alkyl halides is 3. The monoisotopic (exact) mass is 487 g/mol. The summed E-state index contributed by atoms with van der Waals surface area (Å²) < 4.78 is 69.0. The fraction of sp³-hybridized carbons (Fsp3) is 0.250. The van der Waals surface area contributed by atoms with Gasteiger partial charge in [-0.2, -0.15) is 9.78 Å². The maximum atomic E-state index is 15.3. The Hall–Kier alpha value is -4.07. The average Bonchev–Trinajstić information content (AvgIpc) is 3.45. The summed E-state index contributed by atoms with van der Waals surface area (Å²) in [5.74, 6) is -2.81. The third-order valence-corrected chi connectivity index (χ3v) is 6.34. The van der Waals surface area contributed by atoms with Gasteiger partial charge in [0, 0.05) is 29.1 Å². The van der Waals surface area contributed by atoms with E-state index >= 15 is 8.78 Å². The number of halogens is 5. The normalized spacial score (nSPS) is 19.9. The lowest BCUT2D eigenvalue weighted by molar-refractivity contribution is -0.212. The topological polar surface area (TPSA) is 76.2 Å². The smallest absolute Gasteiger partial charge is 0.397 e. The first-order valence-electron chi connectivity index (χ1n) is 10.7. The zero-order valence-corrected chi connectivity index (χ0v) is 18.0. The standard InChI is InChI=1S/C24H18F5N5O/c1-2-31-19-6-5-15(9-18(19)30)34-22(20(23(34)35)12-3-4-12)21-16(25)7-13(8-17(21)26)14-10-32-33(11-14)24(27,28)29/h1,5-12,20,22,31H,3-4,30H2/t20?,22-/m1/s1. The van der Waals surface area contributed by atoms with Gasteiger partial charge in [-0.1, -0.05) is 6.42 Å². The molecule has 180 valence electrons. The van der Waals surface area contributed by atoms with Gasteiger partial charge < -0.3 is 16.0 Å². The number of hydrogen-bond acceptors (Lipinski definition) is 4. The van der Waals surface area contributed by atoms with Gasteiger partial charge in [-0.05, 0) is 54.7 Å². The van der Waals surface area contributed by atoms with Crippen LogP contribution >= 0.6 is 0 Å². The number of nitrogens with zero attached hydrogens (tertiary/aromatic N) is 3. The Kier molecular flexibility index (Phi) is 5.20. The maximum Gasteiger partial charge on any atom is 0.504 e. The van der Waals surface area contributed by atoms with Crippen LogP contribution in [0.4, 0.5) is 39.0 Å². The number of hydrogen-bond donors (Lipinski definition) is 2. The van der Waals surface area contributed by atoms with Crippen molar-refractivity contribution in [3.8, 4) is 23.6 Å². The van der Waals surface area contributed by atoms with E-state index in [1.54, 1.807) is 12.1 Å². The minimum absolute atomic E-state index is 0.00645. The molecule has 5 rings (SSSR count). The van der Waals surface area contributed by atoms with E-state index < -0.39 is 29.9 Å². The van der Waals surface area contributed by atoms with Gasteiger partial charge in [-0.3, -0.25) is 4.79 Å². The van der Waals surface area contributed by atoms with Crippen molar-refractivity contribution in [2.45, 2.75) is 25.2 Å². The molecular formula is C24H18F5N5O. The van der Waals surface area contributed by atoms with E-state index in [0.29, 0.717) is 17.6 Å². The highest BCUT2D eigenvalue weighted by atomic mass is 19.4. The Morgan fingerprint density at radius 2 is 1.80 bits per heavy atom. The highest BCUT2D eigenvalue weighted by Crippen LogP contribution is 2.55. The maximum absolute atomic E-state index is 15.3. The number of carbonyl (C=O) groups is 1. The van der Waals surface area contributed by atoms with Gasteiger partial charge in [-0.15, -0.1) is 13.2 Å². The van der Waals surface area contributed by atoms with Crippen LogP contribution in [0.15, 0.2) is 42.7 Å². The Morgan fingerprint density at radius 3 is 2.34 bits per heavy atom. The van der Waals surface area contributed by atoms with Crippen molar-refractivity contribution in [3.63, 3.8) is 0 Å². The summed E-state index contributed by atoms with van der Waals surface area (Å²) in [5, 5.41) is 5.83. The van der Waals surface area contributed by atoms with Gasteiger partial charge in [0.05, 0.1) is 29.5 Å². The van der Waals surface area contributed by atoms with Crippen molar-refractivity contribution >= 4 is 23.0 Å². The summed E-state index contributed by atoms with van der Waals surface area (Å²) in [6.07, 6.45) is 3.53. The van der Waals surface area contributed by atoms with E-state index in [2.05, 4.69) is 16.5 Å². The molecule has 11 heteroatoms. The summed E-state index contributed by atoms with van der Waals surface area (Å²) in [6, 6.07) is 7.85. The molecule has 1 saturated heterocycles. The van der Waals surface area contributed by atoms with Crippen LogP contribution in [0.3, 0.4) is 0 Å². The number of terminal acetylenes is 1. The van der Waals surface area contributed by atoms with Crippen LogP contribution in [0.5, 0.6) is 0 Å². The number of amides is 1. The molecule has 1 unspecified atom stereocenters. The van der Waals surface area contributed by atoms with Crippen molar-refractivity contribution in [1.82, 2.24) is 9.78 Å². The molecule has 6 nitrogen and oxygen atoms in total. The van der Waals surface area contributed by atoms with Gasteiger partial charge in [0.15, 0.2) is 0 Å². The van der Waals surface area contributed by atoms with Crippen LogP contribution < -0.4 is 16.0 Å². The van der Waals surface area contributed by atoms with Crippen LogP contribution in [0.1, 0.15) is 24.4 Å². The Morgan fingerprint density at radius 1 is 1.11 bits per heavy atom. The quantitative estimate of drug-likeness (QED) is 0.175. The largest absolute Gasteiger partial charge is 0.504 e. The number of nitrogens with two attached hydrogens (primary N) is 1. The van der Waals surface area contributed by atoms with Crippen molar-refractivity contribution in [2.75, 3.05) is 16.0 Å². The minimum atomic E-state index is -4.76. The molecule has 1 aliphatic carbocycles. The summed E-state index contributed by atoms with van der Waals surface area (Å²) in [4.78, 5) is 14.3. The van der Waals surface area contributed by atoms with Gasteiger partial charge in [0.2, 0.25) is 5.91 Å². The molecule has 0 radical (unpaired) electrons. The van der Waals surface area contributed by atoms with Crippen molar-refractivity contribution in [2.24, 2.45) is 11.8 Å². The third-order valence-electron chi connectivity index (χ3n) is 6.34. The predicted molar refractivity (Wildman–Crippen MR) is 119 cm³/mol. The lowest BCUT2D eigenvalue weighted by Gasteiger charge is -2.48. The molecule has 2 aromatic carbocycles. The summed E-state index contributed by atoms with van der Waals surface area (Å²) >= 11 is 0. The molecule has 1 aromatic heterocycles. The predicted octanol–water partition coefficient (Wildman–Crippen LogP) is 5.00. The van der Waals surface area contributed by atoms with Crippen molar-refractivity contribution in [1.29, 1.82) is 0 Å². The highest BCUT2D eigenvalue weighted by molar-refractivity contribution is 6.04. The molecule has 1 amide bonds. The summed E-state index contributed by atoms with van der Waals surface area (Å²) in [7, 11) is 0.